The second-order valence-electron chi connectivity index (χ2n) is 3.02. The van der Waals surface area contributed by atoms with Gasteiger partial charge in [-0.25, -0.2) is 0 Å². The van der Waals surface area contributed by atoms with Gasteiger partial charge < -0.3 is 5.32 Å². The highest BCUT2D eigenvalue weighted by atomic mass is 32.2. The van der Waals surface area contributed by atoms with Gasteiger partial charge in [0.25, 0.3) is 10.2 Å². The lowest BCUT2D eigenvalue weighted by Crippen LogP contribution is -2.43. The van der Waals surface area contributed by atoms with Gasteiger partial charge in [-0.2, -0.15) is 17.0 Å². The first-order chi connectivity index (χ1) is 6.50. The molecule has 0 aliphatic heterocycles. The van der Waals surface area contributed by atoms with E-state index in [1.807, 2.05) is 13.8 Å². The third-order valence-corrected chi connectivity index (χ3v) is 4.24. The van der Waals surface area contributed by atoms with Crippen molar-refractivity contribution in [3.63, 3.8) is 0 Å². The van der Waals surface area contributed by atoms with E-state index in [0.29, 0.717) is 26.2 Å². The Labute approximate surface area is 87.3 Å². The maximum atomic E-state index is 11.8. The molecule has 86 valence electrons. The summed E-state index contributed by atoms with van der Waals surface area (Å²) in [5, 5.41) is 2.92. The van der Waals surface area contributed by atoms with Crippen LogP contribution < -0.4 is 5.32 Å². The lowest BCUT2D eigenvalue weighted by atomic mass is 10.6. The van der Waals surface area contributed by atoms with Crippen LogP contribution in [0, 0.1) is 0 Å². The van der Waals surface area contributed by atoms with Gasteiger partial charge in [0.15, 0.2) is 0 Å². The molecule has 5 nitrogen and oxygen atoms in total. The van der Waals surface area contributed by atoms with Crippen molar-refractivity contribution < 1.29 is 8.42 Å². The molecule has 0 amide bonds. The number of nitrogens with zero attached hydrogens (tertiary/aromatic N) is 2. The minimum Gasteiger partial charge on any atom is -0.318 e. The molecule has 0 aromatic rings. The summed E-state index contributed by atoms with van der Waals surface area (Å²) in [6.45, 7) is 5.87. The molecule has 0 bridgehead atoms. The molecule has 0 aliphatic carbocycles. The van der Waals surface area contributed by atoms with Gasteiger partial charge in [-0.1, -0.05) is 13.8 Å². The summed E-state index contributed by atoms with van der Waals surface area (Å²) in [5.74, 6) is 0. The van der Waals surface area contributed by atoms with Crippen molar-refractivity contribution in [3.05, 3.63) is 0 Å². The molecule has 6 heteroatoms. The Bertz CT molecular complexity index is 237. The highest BCUT2D eigenvalue weighted by Crippen LogP contribution is 2.04. The smallest absolute Gasteiger partial charge is 0.281 e. The second kappa shape index (κ2) is 6.34. The number of hydrogen-bond donors (Lipinski definition) is 1. The Morgan fingerprint density at radius 3 is 2.07 bits per heavy atom. The van der Waals surface area contributed by atoms with E-state index in [-0.39, 0.29) is 0 Å². The van der Waals surface area contributed by atoms with Crippen LogP contribution in [0.4, 0.5) is 0 Å². The van der Waals surface area contributed by atoms with Gasteiger partial charge in [0, 0.05) is 33.2 Å². The van der Waals surface area contributed by atoms with Gasteiger partial charge in [-0.15, -0.1) is 0 Å². The van der Waals surface area contributed by atoms with Gasteiger partial charge in [0.05, 0.1) is 0 Å². The predicted molar refractivity (Wildman–Crippen MR) is 58.4 cm³/mol. The molecule has 0 spiro atoms. The van der Waals surface area contributed by atoms with Gasteiger partial charge in [-0.05, 0) is 7.05 Å². The van der Waals surface area contributed by atoms with Crippen LogP contribution in [0.5, 0.6) is 0 Å². The van der Waals surface area contributed by atoms with Crippen LogP contribution >= 0.6 is 0 Å². The average Bonchev–Trinajstić information content (AvgIpc) is 2.15. The van der Waals surface area contributed by atoms with E-state index < -0.39 is 10.2 Å². The molecule has 0 aromatic heterocycles. The Hall–Kier alpha value is -0.170. The van der Waals surface area contributed by atoms with E-state index >= 15 is 0 Å². The number of nitrogens with one attached hydrogen (secondary N) is 1. The molecule has 0 rings (SSSR count). The zero-order chi connectivity index (χ0) is 11.2. The Kier molecular flexibility index (Phi) is 6.26. The van der Waals surface area contributed by atoms with Crippen LogP contribution in [0.2, 0.25) is 0 Å². The van der Waals surface area contributed by atoms with Crippen LogP contribution in [-0.4, -0.2) is 57.3 Å². The van der Waals surface area contributed by atoms with Crippen LogP contribution in [0.3, 0.4) is 0 Å². The highest BCUT2D eigenvalue weighted by Gasteiger charge is 2.23. The summed E-state index contributed by atoms with van der Waals surface area (Å²) in [4.78, 5) is 0. The average molecular weight is 223 g/mol. The van der Waals surface area contributed by atoms with E-state index in [1.165, 1.54) is 8.61 Å². The first-order valence-corrected chi connectivity index (χ1v) is 6.26. The molecule has 0 unspecified atom stereocenters. The molecule has 0 heterocycles. The predicted octanol–water partition coefficient (Wildman–Crippen LogP) is -0.276. The van der Waals surface area contributed by atoms with E-state index in [9.17, 15) is 8.42 Å². The third-order valence-electron chi connectivity index (χ3n) is 2.10. The molecular formula is C8H21N3O2S. The van der Waals surface area contributed by atoms with Crippen LogP contribution in [-0.2, 0) is 10.2 Å². The maximum absolute atomic E-state index is 11.8. The van der Waals surface area contributed by atoms with Crippen LogP contribution in [0.1, 0.15) is 13.8 Å². The topological polar surface area (TPSA) is 52.7 Å². The highest BCUT2D eigenvalue weighted by molar-refractivity contribution is 7.86. The van der Waals surface area contributed by atoms with Crippen LogP contribution in [0.25, 0.3) is 0 Å². The summed E-state index contributed by atoms with van der Waals surface area (Å²) in [7, 11) is 0.159. The molecule has 0 saturated carbocycles. The van der Waals surface area contributed by atoms with Gasteiger partial charge in [-0.3, -0.25) is 0 Å². The molecule has 0 atom stereocenters. The van der Waals surface area contributed by atoms with Gasteiger partial charge >= 0.3 is 0 Å². The summed E-state index contributed by atoms with van der Waals surface area (Å²) in [6.07, 6.45) is 0. The van der Waals surface area contributed by atoms with Crippen molar-refractivity contribution in [2.75, 3.05) is 40.3 Å². The monoisotopic (exact) mass is 223 g/mol. The quantitative estimate of drug-likeness (QED) is 0.646. The summed E-state index contributed by atoms with van der Waals surface area (Å²) >= 11 is 0. The largest absolute Gasteiger partial charge is 0.318 e. The lowest BCUT2D eigenvalue weighted by Gasteiger charge is -2.25. The van der Waals surface area contributed by atoms with Crippen molar-refractivity contribution in [1.29, 1.82) is 0 Å². The fourth-order valence-corrected chi connectivity index (χ4v) is 2.50. The van der Waals surface area contributed by atoms with E-state index in [1.54, 1.807) is 14.1 Å². The molecular weight excluding hydrogens is 202 g/mol. The minimum atomic E-state index is -3.25. The SMILES string of the molecule is CCN(CC)S(=O)(=O)N(C)CCNC. The first-order valence-electron chi connectivity index (χ1n) is 4.86. The number of hydrogen-bond acceptors (Lipinski definition) is 3. The minimum absolute atomic E-state index is 0.495. The molecule has 14 heavy (non-hydrogen) atoms. The van der Waals surface area contributed by atoms with E-state index in [2.05, 4.69) is 5.32 Å². The fraction of sp³-hybridized carbons (Fsp3) is 1.00. The van der Waals surface area contributed by atoms with Gasteiger partial charge in [0.2, 0.25) is 0 Å². The fourth-order valence-electron chi connectivity index (χ4n) is 1.13. The molecule has 0 saturated heterocycles. The number of likely N-dealkylation sites (N-methyl/N-ethyl adjacent to an activating group) is 2. The molecule has 0 aliphatic rings. The third kappa shape index (κ3) is 3.53. The van der Waals surface area contributed by atoms with E-state index in [4.69, 9.17) is 0 Å². The van der Waals surface area contributed by atoms with E-state index in [0.717, 1.165) is 0 Å². The molecule has 0 fully saturated rings. The Morgan fingerprint density at radius 1 is 1.21 bits per heavy atom. The first kappa shape index (κ1) is 13.8. The molecule has 0 radical (unpaired) electrons. The summed E-state index contributed by atoms with van der Waals surface area (Å²) in [5.41, 5.74) is 0. The van der Waals surface area contributed by atoms with Gasteiger partial charge in [0.1, 0.15) is 0 Å². The zero-order valence-electron chi connectivity index (χ0n) is 9.45. The van der Waals surface area contributed by atoms with Crippen molar-refractivity contribution in [3.8, 4) is 0 Å². The maximum Gasteiger partial charge on any atom is 0.281 e. The number of rotatable bonds is 7. The Morgan fingerprint density at radius 2 is 1.71 bits per heavy atom. The summed E-state index contributed by atoms with van der Waals surface area (Å²) < 4.78 is 26.5. The van der Waals surface area contributed by atoms with Crippen molar-refractivity contribution >= 4 is 10.2 Å². The molecule has 0 aromatic carbocycles. The standard InChI is InChI=1S/C8H21N3O2S/c1-5-11(6-2)14(12,13)10(4)8-7-9-3/h9H,5-8H2,1-4H3. The Balaban J connectivity index is 4.43. The normalized spacial score (nSPS) is 12.7. The van der Waals surface area contributed by atoms with Crippen molar-refractivity contribution in [2.24, 2.45) is 0 Å². The lowest BCUT2D eigenvalue weighted by molar-refractivity contribution is 0.377. The van der Waals surface area contributed by atoms with Crippen molar-refractivity contribution in [2.45, 2.75) is 13.8 Å². The molecule has 1 N–H and O–H groups in total. The van der Waals surface area contributed by atoms with Crippen LogP contribution in [0.15, 0.2) is 0 Å². The summed E-state index contributed by atoms with van der Waals surface area (Å²) in [6, 6.07) is 0. The van der Waals surface area contributed by atoms with Crippen molar-refractivity contribution in [1.82, 2.24) is 13.9 Å². The second-order valence-corrected chi connectivity index (χ2v) is 5.05. The zero-order valence-corrected chi connectivity index (χ0v) is 10.3.